The maximum absolute atomic E-state index is 12.6. The van der Waals surface area contributed by atoms with E-state index in [0.717, 1.165) is 23.2 Å². The van der Waals surface area contributed by atoms with Gasteiger partial charge in [-0.25, -0.2) is 0 Å². The minimum absolute atomic E-state index is 0.0152. The second-order valence-electron chi connectivity index (χ2n) is 6.62. The third kappa shape index (κ3) is 3.35. The van der Waals surface area contributed by atoms with Gasteiger partial charge < -0.3 is 10.4 Å². The number of hydrogen-bond donors (Lipinski definition) is 2. The molecule has 0 aliphatic carbocycles. The maximum Gasteiger partial charge on any atom is 0.187 e. The molecule has 3 nitrogen and oxygen atoms in total. The second kappa shape index (κ2) is 6.01. The zero-order valence-corrected chi connectivity index (χ0v) is 13.5. The molecule has 118 valence electrons. The summed E-state index contributed by atoms with van der Waals surface area (Å²) in [5.41, 5.74) is 4.56. The third-order valence-corrected chi connectivity index (χ3v) is 4.11. The van der Waals surface area contributed by atoms with Crippen molar-refractivity contribution in [1.82, 2.24) is 5.32 Å². The van der Waals surface area contributed by atoms with Gasteiger partial charge in [0.2, 0.25) is 0 Å². The highest BCUT2D eigenvalue weighted by atomic mass is 16.3. The number of aliphatic hydroxyl groups excluding tert-OH is 1. The first kappa shape index (κ1) is 15.5. The van der Waals surface area contributed by atoms with Crippen LogP contribution in [0.25, 0.3) is 5.70 Å². The zero-order valence-electron chi connectivity index (χ0n) is 13.5. The molecule has 0 saturated carbocycles. The van der Waals surface area contributed by atoms with E-state index in [0.29, 0.717) is 5.56 Å². The summed E-state index contributed by atoms with van der Waals surface area (Å²) in [6.45, 7) is 4.26. The van der Waals surface area contributed by atoms with E-state index in [1.165, 1.54) is 5.56 Å². The Balaban J connectivity index is 1.95. The Labute approximate surface area is 136 Å². The van der Waals surface area contributed by atoms with Gasteiger partial charge >= 0.3 is 0 Å². The molecule has 23 heavy (non-hydrogen) atoms. The van der Waals surface area contributed by atoms with Crippen LogP contribution in [0.1, 0.15) is 40.9 Å². The van der Waals surface area contributed by atoms with Crippen LogP contribution in [0.4, 0.5) is 0 Å². The van der Waals surface area contributed by atoms with Gasteiger partial charge in [-0.3, -0.25) is 4.79 Å². The van der Waals surface area contributed by atoms with Crippen LogP contribution < -0.4 is 5.32 Å². The minimum Gasteiger partial charge on any atom is -0.392 e. The number of carbonyl (C=O) groups excluding carboxylic acids is 1. The van der Waals surface area contributed by atoms with Crippen molar-refractivity contribution in [1.29, 1.82) is 0 Å². The van der Waals surface area contributed by atoms with E-state index in [-0.39, 0.29) is 17.9 Å². The van der Waals surface area contributed by atoms with Gasteiger partial charge in [0.1, 0.15) is 0 Å². The largest absolute Gasteiger partial charge is 0.392 e. The fourth-order valence-electron chi connectivity index (χ4n) is 2.99. The highest BCUT2D eigenvalue weighted by molar-refractivity contribution is 6.08. The second-order valence-corrected chi connectivity index (χ2v) is 6.62. The van der Waals surface area contributed by atoms with Gasteiger partial charge in [-0.2, -0.15) is 0 Å². The van der Waals surface area contributed by atoms with Crippen LogP contribution in [-0.4, -0.2) is 16.4 Å². The van der Waals surface area contributed by atoms with Crippen LogP contribution in [0.3, 0.4) is 0 Å². The molecule has 0 radical (unpaired) electrons. The number of ketones is 1. The highest BCUT2D eigenvalue weighted by Crippen LogP contribution is 2.29. The number of rotatable bonds is 3. The summed E-state index contributed by atoms with van der Waals surface area (Å²) in [4.78, 5) is 12.6. The molecule has 2 N–H and O–H groups in total. The van der Waals surface area contributed by atoms with Crippen LogP contribution in [0.2, 0.25) is 0 Å². The van der Waals surface area contributed by atoms with E-state index < -0.39 is 0 Å². The Hall–Kier alpha value is -2.39. The van der Waals surface area contributed by atoms with Crippen molar-refractivity contribution in [3.05, 3.63) is 76.9 Å². The van der Waals surface area contributed by atoms with Gasteiger partial charge in [0.25, 0.3) is 0 Å². The summed E-state index contributed by atoms with van der Waals surface area (Å²) in [6, 6.07) is 15.3. The van der Waals surface area contributed by atoms with Crippen LogP contribution in [-0.2, 0) is 13.0 Å². The topological polar surface area (TPSA) is 49.3 Å². The molecular formula is C20H21NO2. The molecular weight excluding hydrogens is 286 g/mol. The highest BCUT2D eigenvalue weighted by Gasteiger charge is 2.27. The molecule has 0 unspecified atom stereocenters. The van der Waals surface area contributed by atoms with Gasteiger partial charge in [-0.15, -0.1) is 0 Å². The van der Waals surface area contributed by atoms with Crippen molar-refractivity contribution >= 4 is 11.5 Å². The van der Waals surface area contributed by atoms with E-state index in [1.54, 1.807) is 30.3 Å². The smallest absolute Gasteiger partial charge is 0.187 e. The predicted octanol–water partition coefficient (Wildman–Crippen LogP) is 3.33. The van der Waals surface area contributed by atoms with E-state index in [9.17, 15) is 4.79 Å². The Bertz CT molecular complexity index is 757. The van der Waals surface area contributed by atoms with Gasteiger partial charge in [-0.1, -0.05) is 48.5 Å². The first-order valence-corrected chi connectivity index (χ1v) is 7.81. The fraction of sp³-hybridized carbons (Fsp3) is 0.250. The number of hydrogen-bond acceptors (Lipinski definition) is 3. The number of carbonyl (C=O) groups is 1. The van der Waals surface area contributed by atoms with Crippen molar-refractivity contribution in [2.45, 2.75) is 32.4 Å². The monoisotopic (exact) mass is 307 g/mol. The Morgan fingerprint density at radius 2 is 1.87 bits per heavy atom. The van der Waals surface area contributed by atoms with Gasteiger partial charge in [-0.05, 0) is 31.4 Å². The molecule has 3 heteroatoms. The molecule has 1 aliphatic rings. The molecule has 0 aromatic heterocycles. The Morgan fingerprint density at radius 3 is 2.57 bits per heavy atom. The molecule has 3 rings (SSSR count). The van der Waals surface area contributed by atoms with Crippen molar-refractivity contribution in [2.24, 2.45) is 0 Å². The van der Waals surface area contributed by atoms with E-state index in [4.69, 9.17) is 5.11 Å². The molecule has 0 saturated heterocycles. The SMILES string of the molecule is CC1(C)Cc2ccccc2C(=CC(=O)c2ccc(CO)cc2)N1. The lowest BCUT2D eigenvalue weighted by atomic mass is 9.85. The average molecular weight is 307 g/mol. The van der Waals surface area contributed by atoms with Crippen molar-refractivity contribution in [2.75, 3.05) is 0 Å². The van der Waals surface area contributed by atoms with Gasteiger partial charge in [0.05, 0.1) is 6.61 Å². The summed E-state index contributed by atoms with van der Waals surface area (Å²) in [5, 5.41) is 12.6. The van der Waals surface area contributed by atoms with Crippen molar-refractivity contribution < 1.29 is 9.90 Å². The first-order valence-electron chi connectivity index (χ1n) is 7.81. The summed E-state index contributed by atoms with van der Waals surface area (Å²) < 4.78 is 0. The van der Waals surface area contributed by atoms with Crippen LogP contribution in [0.5, 0.6) is 0 Å². The van der Waals surface area contributed by atoms with Crippen molar-refractivity contribution in [3.8, 4) is 0 Å². The molecule has 0 atom stereocenters. The molecule has 0 fully saturated rings. The predicted molar refractivity (Wildman–Crippen MR) is 92.0 cm³/mol. The fourth-order valence-corrected chi connectivity index (χ4v) is 2.99. The molecule has 1 aliphatic heterocycles. The van der Waals surface area contributed by atoms with Crippen molar-refractivity contribution in [3.63, 3.8) is 0 Å². The number of benzene rings is 2. The average Bonchev–Trinajstić information content (AvgIpc) is 2.54. The number of fused-ring (bicyclic) bond motifs is 1. The number of allylic oxidation sites excluding steroid dienone is 1. The van der Waals surface area contributed by atoms with Crippen LogP contribution in [0, 0.1) is 0 Å². The molecule has 2 aromatic rings. The van der Waals surface area contributed by atoms with E-state index in [2.05, 4.69) is 25.2 Å². The van der Waals surface area contributed by atoms with E-state index >= 15 is 0 Å². The lowest BCUT2D eigenvalue weighted by Gasteiger charge is -2.35. The normalized spacial score (nSPS) is 17.4. The minimum atomic E-state index is -0.0821. The summed E-state index contributed by atoms with van der Waals surface area (Å²) in [5.74, 6) is -0.0375. The summed E-state index contributed by atoms with van der Waals surface area (Å²) in [7, 11) is 0. The van der Waals surface area contributed by atoms with Crippen LogP contribution in [0.15, 0.2) is 54.6 Å². The number of nitrogens with one attached hydrogen (secondary N) is 1. The lowest BCUT2D eigenvalue weighted by Crippen LogP contribution is -2.43. The Morgan fingerprint density at radius 1 is 1.17 bits per heavy atom. The van der Waals surface area contributed by atoms with Gasteiger partial charge in [0, 0.05) is 28.4 Å². The quantitative estimate of drug-likeness (QED) is 0.675. The summed E-state index contributed by atoms with van der Waals surface area (Å²) >= 11 is 0. The Kier molecular flexibility index (Phi) is 4.05. The maximum atomic E-state index is 12.6. The molecule has 0 amide bonds. The number of aliphatic hydroxyl groups is 1. The molecule has 1 heterocycles. The molecule has 2 aromatic carbocycles. The van der Waals surface area contributed by atoms with E-state index in [1.807, 2.05) is 18.2 Å². The van der Waals surface area contributed by atoms with Gasteiger partial charge in [0.15, 0.2) is 5.78 Å². The first-order chi connectivity index (χ1) is 11.0. The standard InChI is InChI=1S/C20H21NO2/c1-20(2)12-16-5-3-4-6-17(16)18(21-20)11-19(23)15-9-7-14(13-22)8-10-15/h3-11,21-22H,12-13H2,1-2H3. The lowest BCUT2D eigenvalue weighted by molar-refractivity contribution is 0.104. The third-order valence-electron chi connectivity index (χ3n) is 4.11. The van der Waals surface area contributed by atoms with Crippen LogP contribution >= 0.6 is 0 Å². The molecule has 0 bridgehead atoms. The zero-order chi connectivity index (χ0) is 16.4. The summed E-state index contributed by atoms with van der Waals surface area (Å²) in [6.07, 6.45) is 2.60. The molecule has 0 spiro atoms.